The van der Waals surface area contributed by atoms with Gasteiger partial charge in [0.05, 0.1) is 40.3 Å². The Morgan fingerprint density at radius 1 is 0.600 bits per heavy atom. The van der Waals surface area contributed by atoms with Crippen molar-refractivity contribution in [1.29, 1.82) is 0 Å². The number of carbonyl (C=O) groups is 4. The van der Waals surface area contributed by atoms with Crippen LogP contribution in [0.3, 0.4) is 0 Å². The molecule has 0 spiro atoms. The van der Waals surface area contributed by atoms with E-state index in [1.54, 1.807) is 61.6 Å². The van der Waals surface area contributed by atoms with Crippen molar-refractivity contribution in [2.24, 2.45) is 19.8 Å². The Morgan fingerprint density at radius 2 is 1.06 bits per heavy atom. The number of benzene rings is 4. The Labute approximate surface area is 516 Å². The minimum atomic E-state index is -0.945. The standard InChI is InChI=1S/C30H24N8O2.C23H20N4O.C11H9N5O4.2CH4.H2/c1-19(34-29(39)26-27(31)35-37-15-7-14-32-28(26)37)24-16-22-9-6-8-21(13-12-20-17-33-36(2)18-20)25(22)30(40)38(24)23-10-4-3-5-11-23;1-16(24)21-13-19-8-6-7-18(12-11-17-14-25-26(2)15-17)22(19)23(28)27(21)20-9-4-3-5-10-20;12-9-8(10-13-4-1-5-15(10)14-9)11(19)20-16-6(17)2-3-7(16)18;;;/h3-11,14-19H,1-2H3,(H2,31,35)(H,34,39);3-10,13-16H,24H2,1-2H3;1,4-5H,2-3H2,(H2,12,14);2*1H4;1H/t19-;16-;;;;/m00..../s1/i;;;;;1+1. The molecule has 8 aromatic heterocycles. The third-order valence-corrected chi connectivity index (χ3v) is 14.0. The molecule has 0 bridgehead atoms. The van der Waals surface area contributed by atoms with Gasteiger partial charge in [0, 0.05) is 105 Å². The molecule has 3 amide bonds. The summed E-state index contributed by atoms with van der Waals surface area (Å²) < 4.78 is 9.43. The lowest BCUT2D eigenvalue weighted by molar-refractivity contribution is -0.172. The number of nitrogens with one attached hydrogen (secondary N) is 1. The summed E-state index contributed by atoms with van der Waals surface area (Å²) in [6, 6.07) is 36.4. The second-order valence-electron chi connectivity index (χ2n) is 20.2. The predicted octanol–water partition coefficient (Wildman–Crippen LogP) is 7.43. The molecule has 0 aliphatic carbocycles. The highest BCUT2D eigenvalue weighted by Gasteiger charge is 2.35. The Balaban J connectivity index is 0.000000183. The number of anilines is 2. The fourth-order valence-electron chi connectivity index (χ4n) is 9.91. The molecule has 24 heteroatoms. The summed E-state index contributed by atoms with van der Waals surface area (Å²) in [5.41, 5.74) is 23.8. The van der Waals surface area contributed by atoms with Crippen LogP contribution < -0.4 is 33.6 Å². The average Bonchev–Trinajstić information content (AvgIpc) is 1.57. The van der Waals surface area contributed by atoms with E-state index in [-0.39, 0.29) is 74.7 Å². The molecule has 0 unspecified atom stereocenters. The first kappa shape index (κ1) is 62.3. The molecule has 24 nitrogen and oxygen atoms in total. The fraction of sp³-hybridized carbons (Fsp3) is 0.152. The monoisotopic (exact) mass is 1210 g/mol. The quantitative estimate of drug-likeness (QED) is 0.0849. The van der Waals surface area contributed by atoms with Crippen LogP contribution in [0.5, 0.6) is 0 Å². The third kappa shape index (κ3) is 12.7. The van der Waals surface area contributed by atoms with E-state index in [0.717, 1.165) is 27.9 Å². The molecule has 1 aliphatic heterocycles. The SMILES string of the molecule is C.C.C[C@H](N)c1cc2cccc(C#Cc3cnn(C)c3)c2c(=O)n1-c1ccccc1.C[C@H](NC(=O)c1c(N)nn2cccnc12)c1cc2cccc(C#Cc3cnn(C)c3)c2c(=O)n1-c1ccccc1.Nc1nn2cccnc2c1C(=O)ON1C(=O)CCC1=O.[2HH]. The first-order chi connectivity index (χ1) is 42.5. The van der Waals surface area contributed by atoms with Crippen LogP contribution in [0.2, 0.25) is 0 Å². The molecule has 1 saturated heterocycles. The highest BCUT2D eigenvalue weighted by Crippen LogP contribution is 2.27. The lowest BCUT2D eigenvalue weighted by Gasteiger charge is -2.21. The van der Waals surface area contributed by atoms with Crippen LogP contribution >= 0.6 is 0 Å². The van der Waals surface area contributed by atoms with Crippen molar-refractivity contribution in [2.75, 3.05) is 11.5 Å². The van der Waals surface area contributed by atoms with E-state index >= 15 is 0 Å². The van der Waals surface area contributed by atoms with E-state index in [9.17, 15) is 28.8 Å². The minimum absolute atomic E-state index is 0. The molecular formula is C66H63N17O7. The summed E-state index contributed by atoms with van der Waals surface area (Å²) in [5, 5.41) is 22.4. The summed E-state index contributed by atoms with van der Waals surface area (Å²) >= 11 is 0. The van der Waals surface area contributed by atoms with E-state index < -0.39 is 29.7 Å². The summed E-state index contributed by atoms with van der Waals surface area (Å²) in [4.78, 5) is 88.9. The number of nitrogens with two attached hydrogens (primary N) is 3. The van der Waals surface area contributed by atoms with Crippen LogP contribution in [-0.4, -0.2) is 86.6 Å². The third-order valence-electron chi connectivity index (χ3n) is 14.0. The second kappa shape index (κ2) is 26.5. The van der Waals surface area contributed by atoms with Crippen molar-refractivity contribution < 1.29 is 25.4 Å². The number of rotatable bonds is 8. The number of fused-ring (bicyclic) bond motifs is 4. The number of pyridine rings is 2. The summed E-state index contributed by atoms with van der Waals surface area (Å²) in [6.07, 6.45) is 13.3. The molecule has 454 valence electrons. The first-order valence-electron chi connectivity index (χ1n) is 27.3. The zero-order valence-corrected chi connectivity index (χ0v) is 47.6. The van der Waals surface area contributed by atoms with Crippen LogP contribution in [0.1, 0.15) is 109 Å². The topological polar surface area (TPSA) is 311 Å². The number of hydrogen-bond acceptors (Lipinski definition) is 16. The smallest absolute Gasteiger partial charge is 0.371 e. The number of carbonyl (C=O) groups excluding carboxylic acids is 4. The zero-order valence-electron chi connectivity index (χ0n) is 47.6. The normalized spacial score (nSPS) is 12.3. The molecular weight excluding hydrogens is 1140 g/mol. The van der Waals surface area contributed by atoms with Gasteiger partial charge in [-0.3, -0.25) is 42.5 Å². The van der Waals surface area contributed by atoms with Crippen molar-refractivity contribution in [1.82, 2.24) is 68.3 Å². The molecule has 12 aromatic rings. The maximum atomic E-state index is 14.2. The van der Waals surface area contributed by atoms with E-state index in [1.165, 1.54) is 15.2 Å². The highest BCUT2D eigenvalue weighted by atomic mass is 16.7. The van der Waals surface area contributed by atoms with Crippen LogP contribution in [0.25, 0.3) is 44.2 Å². The Kier molecular flexibility index (Phi) is 18.4. The maximum absolute atomic E-state index is 14.2. The molecule has 13 rings (SSSR count). The van der Waals surface area contributed by atoms with Crippen molar-refractivity contribution in [3.8, 4) is 35.1 Å². The maximum Gasteiger partial charge on any atom is 0.371 e. The van der Waals surface area contributed by atoms with Crippen LogP contribution in [0, 0.1) is 23.7 Å². The van der Waals surface area contributed by atoms with E-state index in [2.05, 4.69) is 59.4 Å². The van der Waals surface area contributed by atoms with Crippen molar-refractivity contribution >= 4 is 68.2 Å². The molecule has 4 aromatic carbocycles. The second-order valence-corrected chi connectivity index (χ2v) is 20.2. The number of hydrogen-bond donors (Lipinski definition) is 4. The van der Waals surface area contributed by atoms with Crippen molar-refractivity contribution in [2.45, 2.75) is 53.6 Å². The molecule has 7 N–H and O–H groups in total. The summed E-state index contributed by atoms with van der Waals surface area (Å²) in [7, 11) is 3.67. The molecule has 90 heavy (non-hydrogen) atoms. The Hall–Kier alpha value is -12.3. The number of para-hydroxylation sites is 2. The molecule has 0 saturated carbocycles. The first-order valence-corrected chi connectivity index (χ1v) is 27.3. The predicted molar refractivity (Wildman–Crippen MR) is 343 cm³/mol. The number of imide groups is 1. The summed E-state index contributed by atoms with van der Waals surface area (Å²) in [6.45, 7) is 3.70. The van der Waals surface area contributed by atoms with Gasteiger partial charge in [-0.25, -0.2) is 23.8 Å². The van der Waals surface area contributed by atoms with Crippen LogP contribution in [0.15, 0.2) is 180 Å². The number of hydroxylamine groups is 2. The molecule has 0 radical (unpaired) electrons. The van der Waals surface area contributed by atoms with Gasteiger partial charge in [-0.2, -0.15) is 10.2 Å². The van der Waals surface area contributed by atoms with Gasteiger partial charge in [0.25, 0.3) is 28.8 Å². The van der Waals surface area contributed by atoms with Gasteiger partial charge in [0.1, 0.15) is 5.56 Å². The number of nitrogen functional groups attached to an aromatic ring is 2. The number of aryl methyl sites for hydroxylation is 2. The van der Waals surface area contributed by atoms with Crippen molar-refractivity contribution in [3.63, 3.8) is 0 Å². The van der Waals surface area contributed by atoms with Crippen LogP contribution in [0.4, 0.5) is 11.6 Å². The van der Waals surface area contributed by atoms with E-state index in [1.807, 2.05) is 150 Å². The number of aromatic nitrogens is 12. The average molecular weight is 1210 g/mol. The Bertz CT molecular complexity index is 4970. The Morgan fingerprint density at radius 3 is 1.52 bits per heavy atom. The number of nitrogens with zero attached hydrogens (tertiary/aromatic N) is 13. The minimum Gasteiger partial charge on any atom is -0.381 e. The van der Waals surface area contributed by atoms with Gasteiger partial charge in [-0.1, -0.05) is 99.2 Å². The van der Waals surface area contributed by atoms with Gasteiger partial charge in [0.15, 0.2) is 28.5 Å². The number of amides is 3. The van der Waals surface area contributed by atoms with Crippen LogP contribution in [-0.2, 0) is 28.5 Å². The highest BCUT2D eigenvalue weighted by molar-refractivity contribution is 6.06. The van der Waals surface area contributed by atoms with Gasteiger partial charge < -0.3 is 27.4 Å². The fourth-order valence-corrected chi connectivity index (χ4v) is 9.91. The molecule has 2 atom stereocenters. The van der Waals surface area contributed by atoms with Gasteiger partial charge >= 0.3 is 5.97 Å². The van der Waals surface area contributed by atoms with E-state index in [4.69, 9.17) is 22.0 Å². The van der Waals surface area contributed by atoms with Crippen molar-refractivity contribution in [3.05, 3.63) is 236 Å². The largest absolute Gasteiger partial charge is 0.381 e. The lowest BCUT2D eigenvalue weighted by atomic mass is 10.0. The molecule has 1 fully saturated rings. The lowest BCUT2D eigenvalue weighted by Crippen LogP contribution is -2.32. The molecule has 1 aliphatic rings. The molecule has 9 heterocycles. The summed E-state index contributed by atoms with van der Waals surface area (Å²) in [5.74, 6) is 9.93. The van der Waals surface area contributed by atoms with E-state index in [0.29, 0.717) is 49.4 Å². The van der Waals surface area contributed by atoms with Gasteiger partial charge in [0.2, 0.25) is 0 Å². The van der Waals surface area contributed by atoms with Gasteiger partial charge in [-0.15, -0.1) is 15.3 Å². The zero-order chi connectivity index (χ0) is 61.8. The van der Waals surface area contributed by atoms with Gasteiger partial charge in [-0.05, 0) is 85.3 Å².